The molecule has 0 unspecified atom stereocenters. The summed E-state index contributed by atoms with van der Waals surface area (Å²) in [5.74, 6) is -1.70. The van der Waals surface area contributed by atoms with Gasteiger partial charge in [0.2, 0.25) is 11.7 Å². The minimum atomic E-state index is -1.03. The fraction of sp³-hybridized carbons (Fsp3) is 0.0952. The van der Waals surface area contributed by atoms with Gasteiger partial charge in [0.1, 0.15) is 12.2 Å². The normalized spacial score (nSPS) is 10.9. The molecule has 0 aliphatic heterocycles. The summed E-state index contributed by atoms with van der Waals surface area (Å²) in [7, 11) is 0. The zero-order valence-corrected chi connectivity index (χ0v) is 15.4. The number of rotatable bonds is 5. The van der Waals surface area contributed by atoms with Gasteiger partial charge in [-0.1, -0.05) is 35.0 Å². The zero-order valence-electron chi connectivity index (χ0n) is 15.4. The fourth-order valence-electron chi connectivity index (χ4n) is 2.82. The molecule has 29 heavy (non-hydrogen) atoms. The number of carbonyl (C=O) groups excluding carboxylic acids is 1. The molecule has 6 nitrogen and oxygen atoms in total. The standard InChI is InChI=1S/C21H16F2N4O2/c1-13-4-6-14(7-5-13)20-25-21(29-26-20)18-3-2-10-27(18)12-19(28)24-15-8-9-16(22)17(23)11-15/h2-11H,12H2,1H3,(H,24,28). The number of benzene rings is 2. The van der Waals surface area contributed by atoms with E-state index in [4.69, 9.17) is 4.52 Å². The van der Waals surface area contributed by atoms with Crippen molar-refractivity contribution in [3.8, 4) is 23.0 Å². The Morgan fingerprint density at radius 1 is 1.10 bits per heavy atom. The van der Waals surface area contributed by atoms with Gasteiger partial charge in [-0.25, -0.2) is 8.78 Å². The summed E-state index contributed by atoms with van der Waals surface area (Å²) in [4.78, 5) is 16.7. The molecule has 0 spiro atoms. The first-order valence-corrected chi connectivity index (χ1v) is 8.81. The summed E-state index contributed by atoms with van der Waals surface area (Å²) in [6.07, 6.45) is 1.69. The Morgan fingerprint density at radius 2 is 1.90 bits per heavy atom. The van der Waals surface area contributed by atoms with Gasteiger partial charge in [-0.3, -0.25) is 4.79 Å². The summed E-state index contributed by atoms with van der Waals surface area (Å²) in [6, 6.07) is 14.4. The van der Waals surface area contributed by atoms with Gasteiger partial charge in [0.05, 0.1) is 0 Å². The van der Waals surface area contributed by atoms with E-state index in [1.165, 1.54) is 6.07 Å². The zero-order chi connectivity index (χ0) is 20.4. The maximum Gasteiger partial charge on any atom is 0.274 e. The second kappa shape index (κ2) is 7.67. The van der Waals surface area contributed by atoms with E-state index in [1.807, 2.05) is 31.2 Å². The lowest BCUT2D eigenvalue weighted by molar-refractivity contribution is -0.116. The van der Waals surface area contributed by atoms with Crippen molar-refractivity contribution in [3.05, 3.63) is 78.0 Å². The highest BCUT2D eigenvalue weighted by Crippen LogP contribution is 2.23. The molecular weight excluding hydrogens is 378 g/mol. The first kappa shape index (κ1) is 18.5. The van der Waals surface area contributed by atoms with E-state index in [2.05, 4.69) is 15.5 Å². The molecular formula is C21H16F2N4O2. The van der Waals surface area contributed by atoms with Crippen molar-refractivity contribution in [1.82, 2.24) is 14.7 Å². The van der Waals surface area contributed by atoms with E-state index in [9.17, 15) is 13.6 Å². The minimum Gasteiger partial charge on any atom is -0.334 e. The molecule has 0 aliphatic rings. The van der Waals surface area contributed by atoms with Crippen molar-refractivity contribution in [2.45, 2.75) is 13.5 Å². The van der Waals surface area contributed by atoms with Crippen LogP contribution in [0.15, 0.2) is 65.3 Å². The van der Waals surface area contributed by atoms with Crippen LogP contribution in [0.4, 0.5) is 14.5 Å². The van der Waals surface area contributed by atoms with Gasteiger partial charge in [0, 0.05) is 23.5 Å². The molecule has 1 N–H and O–H groups in total. The van der Waals surface area contributed by atoms with E-state index in [1.54, 1.807) is 22.9 Å². The second-order valence-electron chi connectivity index (χ2n) is 6.49. The lowest BCUT2D eigenvalue weighted by Crippen LogP contribution is -2.19. The van der Waals surface area contributed by atoms with Crippen LogP contribution in [-0.2, 0) is 11.3 Å². The van der Waals surface area contributed by atoms with E-state index in [-0.39, 0.29) is 18.1 Å². The summed E-state index contributed by atoms with van der Waals surface area (Å²) in [5.41, 5.74) is 2.68. The number of amides is 1. The number of hydrogen-bond donors (Lipinski definition) is 1. The Morgan fingerprint density at radius 3 is 2.66 bits per heavy atom. The number of aromatic nitrogens is 3. The van der Waals surface area contributed by atoms with Crippen LogP contribution in [0, 0.1) is 18.6 Å². The Kier molecular flexibility index (Phi) is 4.90. The molecule has 1 amide bonds. The molecule has 0 radical (unpaired) electrons. The van der Waals surface area contributed by atoms with Crippen LogP contribution < -0.4 is 5.32 Å². The lowest BCUT2D eigenvalue weighted by atomic mass is 10.1. The number of carbonyl (C=O) groups is 1. The van der Waals surface area contributed by atoms with Gasteiger partial charge in [-0.05, 0) is 31.2 Å². The molecule has 0 aliphatic carbocycles. The summed E-state index contributed by atoms with van der Waals surface area (Å²) < 4.78 is 33.3. The average Bonchev–Trinajstić information content (AvgIpc) is 3.34. The molecule has 0 saturated heterocycles. The third-order valence-electron chi connectivity index (χ3n) is 4.30. The van der Waals surface area contributed by atoms with Gasteiger partial charge in [-0.2, -0.15) is 4.98 Å². The van der Waals surface area contributed by atoms with Gasteiger partial charge in [0.15, 0.2) is 11.6 Å². The van der Waals surface area contributed by atoms with Crippen LogP contribution in [0.3, 0.4) is 0 Å². The molecule has 0 bridgehead atoms. The number of halogens is 2. The van der Waals surface area contributed by atoms with Crippen LogP contribution in [0.1, 0.15) is 5.56 Å². The Labute approximate surface area is 164 Å². The molecule has 146 valence electrons. The van der Waals surface area contributed by atoms with Gasteiger partial charge in [0.25, 0.3) is 5.89 Å². The first-order chi connectivity index (χ1) is 14.0. The van der Waals surface area contributed by atoms with Gasteiger partial charge < -0.3 is 14.4 Å². The van der Waals surface area contributed by atoms with Gasteiger partial charge >= 0.3 is 0 Å². The highest BCUT2D eigenvalue weighted by atomic mass is 19.2. The van der Waals surface area contributed by atoms with Crippen molar-refractivity contribution in [2.75, 3.05) is 5.32 Å². The van der Waals surface area contributed by atoms with Crippen molar-refractivity contribution >= 4 is 11.6 Å². The Hall–Kier alpha value is -3.81. The van der Waals surface area contributed by atoms with Crippen molar-refractivity contribution < 1.29 is 18.1 Å². The monoisotopic (exact) mass is 394 g/mol. The average molecular weight is 394 g/mol. The topological polar surface area (TPSA) is 73.0 Å². The van der Waals surface area contributed by atoms with Crippen LogP contribution in [0.25, 0.3) is 23.0 Å². The largest absolute Gasteiger partial charge is 0.334 e. The number of aryl methyl sites for hydroxylation is 1. The predicted molar refractivity (Wildman–Crippen MR) is 103 cm³/mol. The fourth-order valence-corrected chi connectivity index (χ4v) is 2.82. The Balaban J connectivity index is 1.50. The number of nitrogens with zero attached hydrogens (tertiary/aromatic N) is 3. The van der Waals surface area contributed by atoms with Crippen molar-refractivity contribution in [2.24, 2.45) is 0 Å². The summed E-state index contributed by atoms with van der Waals surface area (Å²) in [5, 5.41) is 6.53. The second-order valence-corrected chi connectivity index (χ2v) is 6.49. The Bertz CT molecular complexity index is 1170. The van der Waals surface area contributed by atoms with Crippen LogP contribution in [0.5, 0.6) is 0 Å². The van der Waals surface area contributed by atoms with E-state index < -0.39 is 17.5 Å². The maximum absolute atomic E-state index is 13.3. The maximum atomic E-state index is 13.3. The molecule has 0 atom stereocenters. The molecule has 4 aromatic rings. The number of anilines is 1. The van der Waals surface area contributed by atoms with E-state index in [0.29, 0.717) is 11.5 Å². The molecule has 0 saturated carbocycles. The molecule has 4 rings (SSSR count). The van der Waals surface area contributed by atoms with Crippen LogP contribution in [-0.4, -0.2) is 20.6 Å². The van der Waals surface area contributed by atoms with Crippen molar-refractivity contribution in [1.29, 1.82) is 0 Å². The number of nitrogens with one attached hydrogen (secondary N) is 1. The third-order valence-corrected chi connectivity index (χ3v) is 4.30. The highest BCUT2D eigenvalue weighted by molar-refractivity contribution is 5.90. The van der Waals surface area contributed by atoms with E-state index in [0.717, 1.165) is 23.3 Å². The predicted octanol–water partition coefficient (Wildman–Crippen LogP) is 4.43. The molecule has 0 fully saturated rings. The van der Waals surface area contributed by atoms with Crippen molar-refractivity contribution in [3.63, 3.8) is 0 Å². The molecule has 2 aromatic heterocycles. The highest BCUT2D eigenvalue weighted by Gasteiger charge is 2.16. The van der Waals surface area contributed by atoms with Gasteiger partial charge in [-0.15, -0.1) is 0 Å². The minimum absolute atomic E-state index is 0.0659. The first-order valence-electron chi connectivity index (χ1n) is 8.81. The molecule has 2 heterocycles. The summed E-state index contributed by atoms with van der Waals surface area (Å²) >= 11 is 0. The quantitative estimate of drug-likeness (QED) is 0.544. The van der Waals surface area contributed by atoms with E-state index >= 15 is 0 Å². The summed E-state index contributed by atoms with van der Waals surface area (Å²) in [6.45, 7) is 1.92. The molecule has 8 heteroatoms. The SMILES string of the molecule is Cc1ccc(-c2noc(-c3cccn3CC(=O)Nc3ccc(F)c(F)c3)n2)cc1. The smallest absolute Gasteiger partial charge is 0.274 e. The number of hydrogen-bond acceptors (Lipinski definition) is 4. The lowest BCUT2D eigenvalue weighted by Gasteiger charge is -2.08. The molecule has 2 aromatic carbocycles. The third kappa shape index (κ3) is 4.06. The van der Waals surface area contributed by atoms with Crippen LogP contribution >= 0.6 is 0 Å². The van der Waals surface area contributed by atoms with Crippen LogP contribution in [0.2, 0.25) is 0 Å².